The first-order valence-corrected chi connectivity index (χ1v) is 6.59. The summed E-state index contributed by atoms with van der Waals surface area (Å²) in [6.07, 6.45) is 0.722. The van der Waals surface area contributed by atoms with Crippen molar-refractivity contribution in [2.24, 2.45) is 0 Å². The maximum absolute atomic E-state index is 9.38. The number of hydrogen-bond donors (Lipinski definition) is 2. The summed E-state index contributed by atoms with van der Waals surface area (Å²) < 4.78 is 0.964. The second-order valence-corrected chi connectivity index (χ2v) is 5.09. The molecule has 0 aliphatic heterocycles. The molecule has 0 aliphatic carbocycles. The highest BCUT2D eigenvalue weighted by molar-refractivity contribution is 9.10. The Bertz CT molecular complexity index is 538. The van der Waals surface area contributed by atoms with Crippen molar-refractivity contribution in [2.75, 3.05) is 0 Å². The SMILES string of the molecule is OCc1ccccc1Cc1ccc(Br)cc1CO. The van der Waals surface area contributed by atoms with E-state index in [-0.39, 0.29) is 13.2 Å². The lowest BCUT2D eigenvalue weighted by molar-refractivity contribution is 0.279. The highest BCUT2D eigenvalue weighted by Crippen LogP contribution is 2.21. The molecular formula is C15H15BrO2. The van der Waals surface area contributed by atoms with Crippen molar-refractivity contribution in [2.45, 2.75) is 19.6 Å². The topological polar surface area (TPSA) is 40.5 Å². The smallest absolute Gasteiger partial charge is 0.0685 e. The zero-order valence-corrected chi connectivity index (χ0v) is 11.5. The molecule has 94 valence electrons. The summed E-state index contributed by atoms with van der Waals surface area (Å²) in [4.78, 5) is 0. The van der Waals surface area contributed by atoms with Crippen LogP contribution in [0.1, 0.15) is 22.3 Å². The zero-order valence-electron chi connectivity index (χ0n) is 9.94. The van der Waals surface area contributed by atoms with Crippen molar-refractivity contribution < 1.29 is 10.2 Å². The Balaban J connectivity index is 2.33. The van der Waals surface area contributed by atoms with Gasteiger partial charge in [-0.1, -0.05) is 46.3 Å². The first-order chi connectivity index (χ1) is 8.74. The van der Waals surface area contributed by atoms with Crippen LogP contribution in [0.3, 0.4) is 0 Å². The zero-order chi connectivity index (χ0) is 13.0. The fourth-order valence-corrected chi connectivity index (χ4v) is 2.41. The molecule has 18 heavy (non-hydrogen) atoms. The van der Waals surface area contributed by atoms with Crippen molar-refractivity contribution in [3.63, 3.8) is 0 Å². The Morgan fingerprint density at radius 1 is 0.778 bits per heavy atom. The molecule has 0 fully saturated rings. The Labute approximate surface area is 115 Å². The summed E-state index contributed by atoms with van der Waals surface area (Å²) >= 11 is 3.40. The van der Waals surface area contributed by atoms with Crippen LogP contribution >= 0.6 is 15.9 Å². The average molecular weight is 307 g/mol. The van der Waals surface area contributed by atoms with Gasteiger partial charge in [0.15, 0.2) is 0 Å². The fourth-order valence-electron chi connectivity index (χ4n) is 2.00. The number of hydrogen-bond acceptors (Lipinski definition) is 2. The summed E-state index contributed by atoms with van der Waals surface area (Å²) in [5.41, 5.74) is 4.03. The third-order valence-corrected chi connectivity index (χ3v) is 3.50. The van der Waals surface area contributed by atoms with Crippen LogP contribution in [0.5, 0.6) is 0 Å². The number of rotatable bonds is 4. The molecule has 2 nitrogen and oxygen atoms in total. The van der Waals surface area contributed by atoms with E-state index < -0.39 is 0 Å². The number of aliphatic hydroxyl groups excluding tert-OH is 2. The highest BCUT2D eigenvalue weighted by atomic mass is 79.9. The van der Waals surface area contributed by atoms with Gasteiger partial charge in [-0.15, -0.1) is 0 Å². The van der Waals surface area contributed by atoms with Crippen LogP contribution in [0.25, 0.3) is 0 Å². The van der Waals surface area contributed by atoms with Crippen molar-refractivity contribution in [3.05, 3.63) is 69.2 Å². The van der Waals surface area contributed by atoms with E-state index in [1.54, 1.807) is 0 Å². The van der Waals surface area contributed by atoms with Gasteiger partial charge in [0, 0.05) is 4.47 Å². The van der Waals surface area contributed by atoms with Gasteiger partial charge in [-0.25, -0.2) is 0 Å². The molecule has 0 amide bonds. The fraction of sp³-hybridized carbons (Fsp3) is 0.200. The van der Waals surface area contributed by atoms with Crippen LogP contribution < -0.4 is 0 Å². The Morgan fingerprint density at radius 3 is 2.06 bits per heavy atom. The highest BCUT2D eigenvalue weighted by Gasteiger charge is 2.06. The van der Waals surface area contributed by atoms with Gasteiger partial charge in [-0.05, 0) is 40.8 Å². The maximum Gasteiger partial charge on any atom is 0.0685 e. The Morgan fingerprint density at radius 2 is 1.39 bits per heavy atom. The molecule has 0 aromatic heterocycles. The molecule has 2 aromatic carbocycles. The van der Waals surface area contributed by atoms with Gasteiger partial charge < -0.3 is 10.2 Å². The van der Waals surface area contributed by atoms with E-state index in [0.717, 1.165) is 33.1 Å². The van der Waals surface area contributed by atoms with Gasteiger partial charge in [-0.3, -0.25) is 0 Å². The predicted molar refractivity (Wildman–Crippen MR) is 75.2 cm³/mol. The third-order valence-electron chi connectivity index (χ3n) is 3.01. The molecule has 0 spiro atoms. The number of benzene rings is 2. The summed E-state index contributed by atoms with van der Waals surface area (Å²) in [6, 6.07) is 13.7. The molecule has 0 saturated heterocycles. The average Bonchev–Trinajstić information content (AvgIpc) is 2.41. The van der Waals surface area contributed by atoms with Gasteiger partial charge in [0.2, 0.25) is 0 Å². The molecule has 2 aromatic rings. The number of aliphatic hydroxyl groups is 2. The van der Waals surface area contributed by atoms with Crippen LogP contribution in [0.2, 0.25) is 0 Å². The quantitative estimate of drug-likeness (QED) is 0.911. The first kappa shape index (κ1) is 13.3. The lowest BCUT2D eigenvalue weighted by Crippen LogP contribution is -1.99. The maximum atomic E-state index is 9.38. The van der Waals surface area contributed by atoms with Gasteiger partial charge in [0.25, 0.3) is 0 Å². The van der Waals surface area contributed by atoms with Crippen LogP contribution in [-0.4, -0.2) is 10.2 Å². The van der Waals surface area contributed by atoms with E-state index in [0.29, 0.717) is 0 Å². The van der Waals surface area contributed by atoms with Gasteiger partial charge in [-0.2, -0.15) is 0 Å². The minimum absolute atomic E-state index is 0.0239. The van der Waals surface area contributed by atoms with Crippen LogP contribution in [0.15, 0.2) is 46.9 Å². The molecule has 0 radical (unpaired) electrons. The molecule has 0 heterocycles. The molecule has 0 saturated carbocycles. The predicted octanol–water partition coefficient (Wildman–Crippen LogP) is 3.02. The molecule has 0 aliphatic rings. The minimum Gasteiger partial charge on any atom is -0.392 e. The minimum atomic E-state index is 0.0239. The Hall–Kier alpha value is -1.16. The summed E-state index contributed by atoms with van der Waals surface area (Å²) in [7, 11) is 0. The molecular weight excluding hydrogens is 292 g/mol. The molecule has 2 rings (SSSR count). The second kappa shape index (κ2) is 6.14. The van der Waals surface area contributed by atoms with E-state index in [9.17, 15) is 10.2 Å². The summed E-state index contributed by atoms with van der Waals surface area (Å²) in [6.45, 7) is 0.0667. The molecule has 3 heteroatoms. The lowest BCUT2D eigenvalue weighted by Gasteiger charge is -2.11. The van der Waals surface area contributed by atoms with Gasteiger partial charge in [0.05, 0.1) is 13.2 Å². The van der Waals surface area contributed by atoms with E-state index in [1.165, 1.54) is 0 Å². The van der Waals surface area contributed by atoms with Crippen LogP contribution in [-0.2, 0) is 19.6 Å². The molecule has 0 atom stereocenters. The standard InChI is InChI=1S/C15H15BrO2/c16-15-6-5-12(14(8-15)10-18)7-11-3-1-2-4-13(11)9-17/h1-6,8,17-18H,7,9-10H2. The third kappa shape index (κ3) is 2.99. The van der Waals surface area contributed by atoms with E-state index in [1.807, 2.05) is 42.5 Å². The van der Waals surface area contributed by atoms with Crippen molar-refractivity contribution in [1.82, 2.24) is 0 Å². The molecule has 0 unspecified atom stereocenters. The summed E-state index contributed by atoms with van der Waals surface area (Å²) in [5, 5.41) is 18.7. The van der Waals surface area contributed by atoms with Crippen molar-refractivity contribution in [1.29, 1.82) is 0 Å². The van der Waals surface area contributed by atoms with Crippen molar-refractivity contribution in [3.8, 4) is 0 Å². The second-order valence-electron chi connectivity index (χ2n) is 4.17. The van der Waals surface area contributed by atoms with Crippen LogP contribution in [0.4, 0.5) is 0 Å². The molecule has 2 N–H and O–H groups in total. The van der Waals surface area contributed by atoms with Gasteiger partial charge >= 0.3 is 0 Å². The van der Waals surface area contributed by atoms with E-state index >= 15 is 0 Å². The Kier molecular flexibility index (Phi) is 4.53. The van der Waals surface area contributed by atoms with E-state index in [4.69, 9.17) is 0 Å². The van der Waals surface area contributed by atoms with Crippen molar-refractivity contribution >= 4 is 15.9 Å². The largest absolute Gasteiger partial charge is 0.392 e. The molecule has 0 bridgehead atoms. The first-order valence-electron chi connectivity index (χ1n) is 5.80. The monoisotopic (exact) mass is 306 g/mol. The normalized spacial score (nSPS) is 10.6. The van der Waals surface area contributed by atoms with Crippen LogP contribution in [0, 0.1) is 0 Å². The lowest BCUT2D eigenvalue weighted by atomic mass is 9.97. The number of halogens is 1. The summed E-state index contributed by atoms with van der Waals surface area (Å²) in [5.74, 6) is 0. The van der Waals surface area contributed by atoms with Gasteiger partial charge in [0.1, 0.15) is 0 Å². The van der Waals surface area contributed by atoms with E-state index in [2.05, 4.69) is 15.9 Å².